The topological polar surface area (TPSA) is 220 Å². The summed E-state index contributed by atoms with van der Waals surface area (Å²) in [4.78, 5) is 50.7. The Morgan fingerprint density at radius 2 is 0.357 bits per heavy atom. The van der Waals surface area contributed by atoms with Crippen molar-refractivity contribution in [3.05, 3.63) is 107 Å². The van der Waals surface area contributed by atoms with Gasteiger partial charge in [0.15, 0.2) is 0 Å². The fourth-order valence-corrected chi connectivity index (χ4v) is 18.2. The molecule has 0 saturated heterocycles. The minimum atomic E-state index is -5.02. The number of benzene rings is 2. The van der Waals surface area contributed by atoms with Crippen molar-refractivity contribution in [1.82, 2.24) is 0 Å². The van der Waals surface area contributed by atoms with Gasteiger partial charge in [-0.2, -0.15) is 0 Å². The van der Waals surface area contributed by atoms with Crippen LogP contribution in [-0.2, 0) is 39.2 Å². The number of rotatable bonds is 94. The monoisotopic (exact) mass is 1870 g/mol. The minimum absolute atomic E-state index is 0. The van der Waals surface area contributed by atoms with Crippen molar-refractivity contribution in [2.45, 2.75) is 551 Å². The Balaban J connectivity index is 0.00000252. The summed E-state index contributed by atoms with van der Waals surface area (Å²) >= 11 is 0. The van der Waals surface area contributed by atoms with Crippen LogP contribution in [0.1, 0.15) is 583 Å². The van der Waals surface area contributed by atoms with E-state index in [0.29, 0.717) is 25.7 Å². The fourth-order valence-electron chi connectivity index (χ4n) is 16.8. The quantitative estimate of drug-likeness (QED) is 0.0150. The van der Waals surface area contributed by atoms with E-state index in [1.807, 2.05) is 0 Å². The maximum Gasteiger partial charge on any atom is 2.00 e. The molecular formula is C112H194CaO14S2. The molecular weight excluding hydrogens is 1670 g/mol. The van der Waals surface area contributed by atoms with Crippen molar-refractivity contribution in [3.8, 4) is 0 Å². The molecule has 0 aliphatic rings. The first-order valence-corrected chi connectivity index (χ1v) is 56.9. The van der Waals surface area contributed by atoms with E-state index in [1.54, 1.807) is 0 Å². The molecule has 0 atom stereocenters. The normalized spacial score (nSPS) is 11.8. The van der Waals surface area contributed by atoms with Gasteiger partial charge in [-0.25, -0.2) is 36.0 Å². The zero-order chi connectivity index (χ0) is 92.9. The van der Waals surface area contributed by atoms with Gasteiger partial charge in [-0.15, -0.1) is 0 Å². The van der Waals surface area contributed by atoms with Crippen LogP contribution in [0.2, 0.25) is 0 Å². The number of hydrogen-bond acceptors (Lipinski definition) is 14. The number of unbranched alkanes of at least 4 members (excludes halogenated alkanes) is 72. The molecule has 0 aromatic heterocycles. The van der Waals surface area contributed by atoms with Gasteiger partial charge in [-0.05, 0) is 127 Å². The first kappa shape index (κ1) is 125. The number of allylic oxidation sites excluding steroid dienone is 8. The van der Waals surface area contributed by atoms with Crippen molar-refractivity contribution in [1.29, 1.82) is 0 Å². The summed E-state index contributed by atoms with van der Waals surface area (Å²) < 4.78 is 94.0. The molecule has 0 aliphatic heterocycles. The molecule has 2 rings (SSSR count). The summed E-state index contributed by atoms with van der Waals surface area (Å²) in [5.41, 5.74) is -1.53. The van der Waals surface area contributed by atoms with Crippen LogP contribution in [0.4, 0.5) is 0 Å². The zero-order valence-corrected chi connectivity index (χ0v) is 87.6. The van der Waals surface area contributed by atoms with Crippen molar-refractivity contribution in [3.63, 3.8) is 0 Å². The van der Waals surface area contributed by atoms with E-state index in [1.165, 1.54) is 435 Å². The van der Waals surface area contributed by atoms with Gasteiger partial charge in [0.2, 0.25) is 0 Å². The molecule has 0 N–H and O–H groups in total. The maximum atomic E-state index is 13.1. The second-order valence-electron chi connectivity index (χ2n) is 37.0. The average Bonchev–Trinajstić information content (AvgIpc) is 0.794. The molecule has 740 valence electrons. The summed E-state index contributed by atoms with van der Waals surface area (Å²) in [5.74, 6) is -3.60. The average molecular weight is 1870 g/mol. The van der Waals surface area contributed by atoms with E-state index in [-0.39, 0.29) is 75.3 Å². The van der Waals surface area contributed by atoms with Gasteiger partial charge in [-0.3, -0.25) is 0 Å². The first-order chi connectivity index (χ1) is 62.6. The molecule has 0 unspecified atom stereocenters. The smallest absolute Gasteiger partial charge is 0.744 e. The van der Waals surface area contributed by atoms with Crippen molar-refractivity contribution in [2.24, 2.45) is 0 Å². The van der Waals surface area contributed by atoms with Crippen molar-refractivity contribution < 1.29 is 64.1 Å². The van der Waals surface area contributed by atoms with Gasteiger partial charge >= 0.3 is 61.6 Å². The molecule has 2 aromatic carbocycles. The number of ether oxygens (including phenoxy) is 4. The summed E-state index contributed by atoms with van der Waals surface area (Å²) in [7, 11) is -10.0. The molecule has 2 aromatic rings. The molecule has 0 radical (unpaired) electrons. The first-order valence-electron chi connectivity index (χ1n) is 54.1. The molecule has 0 heterocycles. The number of carbonyl (C=O) groups excluding carboxylic acids is 4. The molecule has 129 heavy (non-hydrogen) atoms. The third-order valence-corrected chi connectivity index (χ3v) is 26.8. The van der Waals surface area contributed by atoms with Crippen LogP contribution >= 0.6 is 0 Å². The Labute approximate surface area is 824 Å². The van der Waals surface area contributed by atoms with Crippen LogP contribution < -0.4 is 0 Å². The summed E-state index contributed by atoms with van der Waals surface area (Å²) in [6.45, 7) is 9.49. The second kappa shape index (κ2) is 96.1. The van der Waals surface area contributed by atoms with Crippen LogP contribution in [0.15, 0.2) is 94.8 Å². The predicted molar refractivity (Wildman–Crippen MR) is 544 cm³/mol. The van der Waals surface area contributed by atoms with Crippen LogP contribution in [0.3, 0.4) is 0 Å². The number of hydrogen-bond donors (Lipinski definition) is 0. The molecule has 0 spiro atoms. The van der Waals surface area contributed by atoms with E-state index in [2.05, 4.69) is 76.3 Å². The van der Waals surface area contributed by atoms with Gasteiger partial charge in [0, 0.05) is 0 Å². The molecule has 0 saturated carbocycles. The molecule has 0 fully saturated rings. The third-order valence-electron chi connectivity index (χ3n) is 25.0. The number of carbonyl (C=O) groups is 4. The van der Waals surface area contributed by atoms with Gasteiger partial charge in [0.1, 0.15) is 20.2 Å². The predicted octanol–water partition coefficient (Wildman–Crippen LogP) is 34.9. The molecule has 0 amide bonds. The van der Waals surface area contributed by atoms with Crippen LogP contribution in [0.25, 0.3) is 0 Å². The Hall–Kier alpha value is -3.64. The summed E-state index contributed by atoms with van der Waals surface area (Å²) in [6.07, 6.45) is 118. The standard InChI is InChI=1S/2C56H98O7S.Ca/c2*1-3-5-7-9-11-13-15-17-19-21-23-25-27-29-31-33-35-37-39-41-43-45-50-62-55(57)52-48-47-49-53(64(59,60)61)54(52)56(58)63-51-46-44-42-40-38-36-34-32-30-28-26-24-22-20-18-16-14-12-10-8-6-4-2;/h2*9-12,47-49H,3-8,13-46,50-51H2,1-2H3,(H,59,60,61);/q;;+2/p-2/b2*11-9+,12-10+;. The summed E-state index contributed by atoms with van der Waals surface area (Å²) in [5, 5.41) is 0. The van der Waals surface area contributed by atoms with Crippen LogP contribution in [-0.4, -0.2) is 114 Å². The second-order valence-corrected chi connectivity index (χ2v) is 39.7. The molecule has 14 nitrogen and oxygen atoms in total. The van der Waals surface area contributed by atoms with Crippen molar-refractivity contribution >= 4 is 81.9 Å². The Morgan fingerprint density at radius 1 is 0.217 bits per heavy atom. The third kappa shape index (κ3) is 80.2. The largest absolute Gasteiger partial charge is 2.00 e. The van der Waals surface area contributed by atoms with Gasteiger partial charge in [-0.1, -0.05) is 499 Å². The maximum absolute atomic E-state index is 13.1. The van der Waals surface area contributed by atoms with Crippen LogP contribution in [0, 0.1) is 0 Å². The van der Waals surface area contributed by atoms with Crippen LogP contribution in [0.5, 0.6) is 0 Å². The van der Waals surface area contributed by atoms with Gasteiger partial charge < -0.3 is 28.1 Å². The summed E-state index contributed by atoms with van der Waals surface area (Å²) in [6, 6.07) is 7.31. The van der Waals surface area contributed by atoms with E-state index >= 15 is 0 Å². The SMILES string of the molecule is CCCC/C=C/CCCCCCCCCCCCCCCCCCOC(=O)c1cccc(S(=O)(=O)[O-])c1C(=O)OCCCCCCCCCCCCCCCCCC/C=C/CCCC.CCCC/C=C/CCCCCCCCCCCCCCCCCCOC(=O)c1cccc(S(=O)(=O)[O-])c1C(=O)OCCCCCCCCCCCCCCCCCC/C=C/CCCC.[Ca+2]. The molecule has 0 bridgehead atoms. The number of esters is 4. The molecule has 17 heteroatoms. The zero-order valence-electron chi connectivity index (χ0n) is 83.7. The Morgan fingerprint density at radius 3 is 0.512 bits per heavy atom. The Bertz CT molecular complexity index is 3020. The van der Waals surface area contributed by atoms with E-state index in [4.69, 9.17) is 18.9 Å². The van der Waals surface area contributed by atoms with E-state index in [9.17, 15) is 45.1 Å². The van der Waals surface area contributed by atoms with Gasteiger partial charge in [0.25, 0.3) is 0 Å². The fraction of sp³-hybridized carbons (Fsp3) is 0.786. The minimum Gasteiger partial charge on any atom is -0.744 e. The Kier molecular flexibility index (Phi) is 93.3. The van der Waals surface area contributed by atoms with Crippen molar-refractivity contribution in [2.75, 3.05) is 26.4 Å². The van der Waals surface area contributed by atoms with Gasteiger partial charge in [0.05, 0.1) is 58.5 Å². The van der Waals surface area contributed by atoms with E-state index in [0.717, 1.165) is 89.2 Å². The molecule has 0 aliphatic carbocycles. The van der Waals surface area contributed by atoms with E-state index < -0.39 is 65.0 Å².